The van der Waals surface area contributed by atoms with Crippen LogP contribution in [0.15, 0.2) is 30.4 Å². The molecule has 1 aromatic heterocycles. The van der Waals surface area contributed by atoms with E-state index in [2.05, 4.69) is 22.2 Å². The molecule has 3 rings (SSSR count). The maximum Gasteiger partial charge on any atom is 0.224 e. The number of fused-ring (bicyclic) bond motifs is 1. The lowest BCUT2D eigenvalue weighted by atomic mass is 9.91. The molecular weight excluding hydrogens is 496 g/mol. The van der Waals surface area contributed by atoms with Crippen LogP contribution >= 0.6 is 22.9 Å². The van der Waals surface area contributed by atoms with Gasteiger partial charge in [-0.15, -0.1) is 11.3 Å². The number of thiazole rings is 1. The van der Waals surface area contributed by atoms with Crippen LogP contribution < -0.4 is 10.6 Å². The van der Waals surface area contributed by atoms with Crippen molar-refractivity contribution < 1.29 is 14.4 Å². The lowest BCUT2D eigenvalue weighted by molar-refractivity contribution is -0.131. The van der Waals surface area contributed by atoms with E-state index in [1.807, 2.05) is 31.1 Å². The number of ketones is 1. The zero-order valence-electron chi connectivity index (χ0n) is 21.4. The van der Waals surface area contributed by atoms with E-state index in [0.717, 1.165) is 40.9 Å². The number of hydrogen-bond donors (Lipinski definition) is 2. The molecule has 9 heteroatoms. The van der Waals surface area contributed by atoms with Gasteiger partial charge in [0.1, 0.15) is 0 Å². The molecule has 2 amide bonds. The Morgan fingerprint density at radius 1 is 1.25 bits per heavy atom. The summed E-state index contributed by atoms with van der Waals surface area (Å²) in [5, 5.41) is 7.30. The van der Waals surface area contributed by atoms with Crippen molar-refractivity contribution in [3.63, 3.8) is 0 Å². The monoisotopic (exact) mass is 532 g/mol. The number of nitrogens with zero attached hydrogens (tertiary/aromatic N) is 2. The second-order valence-electron chi connectivity index (χ2n) is 9.96. The SMILES string of the molecule is C=C(CN(C)C)C(=O)CC[C@@H](NC(=O)[C@@H](CC(=O)NC)Cc1nc2ccc(Cl)cc2s1)C1CCCC1. The van der Waals surface area contributed by atoms with Crippen LogP contribution in [-0.4, -0.2) is 61.2 Å². The molecular formula is C27H37ClN4O3S. The smallest absolute Gasteiger partial charge is 0.224 e. The molecule has 1 aromatic carbocycles. The van der Waals surface area contributed by atoms with E-state index in [1.165, 1.54) is 11.3 Å². The molecule has 1 heterocycles. The zero-order chi connectivity index (χ0) is 26.2. The minimum Gasteiger partial charge on any atom is -0.359 e. The molecule has 1 aliphatic rings. The number of benzene rings is 1. The largest absolute Gasteiger partial charge is 0.359 e. The predicted octanol–water partition coefficient (Wildman–Crippen LogP) is 4.39. The van der Waals surface area contributed by atoms with Crippen molar-refractivity contribution in [2.45, 2.75) is 57.4 Å². The van der Waals surface area contributed by atoms with Gasteiger partial charge < -0.3 is 15.5 Å². The second kappa shape index (κ2) is 13.3. The number of carbonyl (C=O) groups is 3. The van der Waals surface area contributed by atoms with Crippen LogP contribution in [0.2, 0.25) is 5.02 Å². The number of amides is 2. The number of likely N-dealkylation sites (N-methyl/N-ethyl adjacent to an activating group) is 1. The molecule has 0 saturated heterocycles. The Labute approximate surface area is 222 Å². The first-order valence-electron chi connectivity index (χ1n) is 12.6. The van der Waals surface area contributed by atoms with E-state index >= 15 is 0 Å². The van der Waals surface area contributed by atoms with Crippen molar-refractivity contribution in [1.29, 1.82) is 0 Å². The third-order valence-electron chi connectivity index (χ3n) is 6.78. The van der Waals surface area contributed by atoms with Gasteiger partial charge in [-0.3, -0.25) is 14.4 Å². The topological polar surface area (TPSA) is 91.4 Å². The van der Waals surface area contributed by atoms with Crippen molar-refractivity contribution in [3.05, 3.63) is 40.4 Å². The molecule has 1 fully saturated rings. The first-order chi connectivity index (χ1) is 17.2. The van der Waals surface area contributed by atoms with Gasteiger partial charge in [-0.05, 0) is 57.5 Å². The lowest BCUT2D eigenvalue weighted by Crippen LogP contribution is -2.44. The number of hydrogen-bond acceptors (Lipinski definition) is 6. The average molecular weight is 533 g/mol. The molecule has 36 heavy (non-hydrogen) atoms. The Kier molecular flexibility index (Phi) is 10.5. The second-order valence-corrected chi connectivity index (χ2v) is 11.5. The summed E-state index contributed by atoms with van der Waals surface area (Å²) in [7, 11) is 5.39. The summed E-state index contributed by atoms with van der Waals surface area (Å²) in [6.45, 7) is 4.46. The Morgan fingerprint density at radius 2 is 1.97 bits per heavy atom. The Morgan fingerprint density at radius 3 is 2.64 bits per heavy atom. The van der Waals surface area contributed by atoms with E-state index in [9.17, 15) is 14.4 Å². The molecule has 0 unspecified atom stereocenters. The fourth-order valence-electron chi connectivity index (χ4n) is 4.85. The average Bonchev–Trinajstić information content (AvgIpc) is 3.50. The summed E-state index contributed by atoms with van der Waals surface area (Å²) < 4.78 is 0.955. The molecule has 0 spiro atoms. The highest BCUT2D eigenvalue weighted by Crippen LogP contribution is 2.31. The molecule has 0 radical (unpaired) electrons. The predicted molar refractivity (Wildman–Crippen MR) is 146 cm³/mol. The summed E-state index contributed by atoms with van der Waals surface area (Å²) in [6, 6.07) is 5.42. The van der Waals surface area contributed by atoms with Crippen LogP contribution in [0, 0.1) is 11.8 Å². The van der Waals surface area contributed by atoms with E-state index in [1.54, 1.807) is 13.1 Å². The van der Waals surface area contributed by atoms with Crippen LogP contribution in [0.1, 0.15) is 50.0 Å². The highest BCUT2D eigenvalue weighted by molar-refractivity contribution is 7.18. The molecule has 196 valence electrons. The quantitative estimate of drug-likeness (QED) is 0.373. The summed E-state index contributed by atoms with van der Waals surface area (Å²) in [4.78, 5) is 45.0. The van der Waals surface area contributed by atoms with Crippen molar-refractivity contribution in [1.82, 2.24) is 20.5 Å². The van der Waals surface area contributed by atoms with Crippen LogP contribution in [0.5, 0.6) is 0 Å². The maximum absolute atomic E-state index is 13.5. The van der Waals surface area contributed by atoms with E-state index < -0.39 is 5.92 Å². The number of aromatic nitrogens is 1. The van der Waals surface area contributed by atoms with Gasteiger partial charge in [-0.2, -0.15) is 0 Å². The Balaban J connectivity index is 1.72. The fourth-order valence-corrected chi connectivity index (χ4v) is 6.17. The van der Waals surface area contributed by atoms with Crippen molar-refractivity contribution in [2.75, 3.05) is 27.7 Å². The summed E-state index contributed by atoms with van der Waals surface area (Å²) in [6.07, 6.45) is 5.72. The van der Waals surface area contributed by atoms with Gasteiger partial charge in [0.2, 0.25) is 11.8 Å². The molecule has 2 aromatic rings. The minimum atomic E-state index is -0.552. The van der Waals surface area contributed by atoms with E-state index in [-0.39, 0.29) is 30.1 Å². The van der Waals surface area contributed by atoms with Gasteiger partial charge in [-0.1, -0.05) is 31.0 Å². The molecule has 2 N–H and O–H groups in total. The van der Waals surface area contributed by atoms with Crippen molar-refractivity contribution in [2.24, 2.45) is 11.8 Å². The number of Topliss-reactive ketones (excluding diaryl/α,β-unsaturated/α-hetero) is 1. The molecule has 2 atom stereocenters. The van der Waals surface area contributed by atoms with Crippen molar-refractivity contribution >= 4 is 50.8 Å². The standard InChI is InChI=1S/C27H37ClN4O3S/c1-17(16-32(3)4)23(33)12-11-21(18-7-5-6-8-18)31-27(35)19(13-25(34)29-2)14-26-30-22-10-9-20(28)15-24(22)36-26/h9-10,15,18-19,21H,1,5-8,11-14,16H2,2-4H3,(H,29,34)(H,31,35)/t19-,21+/m0/s1. The van der Waals surface area contributed by atoms with Crippen LogP contribution in [-0.2, 0) is 20.8 Å². The number of halogens is 1. The number of rotatable bonds is 13. The Bertz CT molecular complexity index is 1090. The summed E-state index contributed by atoms with van der Waals surface area (Å²) in [5.74, 6) is -0.520. The highest BCUT2D eigenvalue weighted by Gasteiger charge is 2.31. The van der Waals surface area contributed by atoms with Gasteiger partial charge in [0.05, 0.1) is 21.1 Å². The number of nitrogens with one attached hydrogen (secondary N) is 2. The fraction of sp³-hybridized carbons (Fsp3) is 0.556. The van der Waals surface area contributed by atoms with Crippen LogP contribution in [0.25, 0.3) is 10.2 Å². The first-order valence-corrected chi connectivity index (χ1v) is 13.8. The zero-order valence-corrected chi connectivity index (χ0v) is 23.0. The first kappa shape index (κ1) is 28.3. The summed E-state index contributed by atoms with van der Waals surface area (Å²) >= 11 is 7.61. The van der Waals surface area contributed by atoms with Gasteiger partial charge in [0.15, 0.2) is 5.78 Å². The van der Waals surface area contributed by atoms with Gasteiger partial charge >= 0.3 is 0 Å². The van der Waals surface area contributed by atoms with E-state index in [0.29, 0.717) is 42.3 Å². The van der Waals surface area contributed by atoms with Crippen molar-refractivity contribution in [3.8, 4) is 0 Å². The maximum atomic E-state index is 13.5. The minimum absolute atomic E-state index is 0.0380. The van der Waals surface area contributed by atoms with Crippen LogP contribution in [0.3, 0.4) is 0 Å². The van der Waals surface area contributed by atoms with Crippen LogP contribution in [0.4, 0.5) is 0 Å². The van der Waals surface area contributed by atoms with Gasteiger partial charge in [0, 0.05) is 49.5 Å². The number of carbonyl (C=O) groups excluding carboxylic acids is 3. The molecule has 1 aliphatic carbocycles. The van der Waals surface area contributed by atoms with Gasteiger partial charge in [0.25, 0.3) is 0 Å². The Hall–Kier alpha value is -2.29. The van der Waals surface area contributed by atoms with E-state index in [4.69, 9.17) is 11.6 Å². The molecule has 7 nitrogen and oxygen atoms in total. The molecule has 0 bridgehead atoms. The molecule has 1 saturated carbocycles. The summed E-state index contributed by atoms with van der Waals surface area (Å²) in [5.41, 5.74) is 1.42. The lowest BCUT2D eigenvalue weighted by Gasteiger charge is -2.27. The third-order valence-corrected chi connectivity index (χ3v) is 8.05. The molecule has 0 aliphatic heterocycles. The van der Waals surface area contributed by atoms with Gasteiger partial charge in [-0.25, -0.2) is 4.98 Å². The third kappa shape index (κ3) is 8.11. The highest BCUT2D eigenvalue weighted by atomic mass is 35.5. The normalized spacial score (nSPS) is 15.7.